The minimum atomic E-state index is -0.0924. The molecule has 1 aliphatic rings. The minimum Gasteiger partial charge on any atom is -0.494 e. The van der Waals surface area contributed by atoms with Crippen LogP contribution in [0.2, 0.25) is 10.0 Å². The fourth-order valence-corrected chi connectivity index (χ4v) is 3.94. The molecule has 0 spiro atoms. The Morgan fingerprint density at radius 1 is 1.09 bits per heavy atom. The van der Waals surface area contributed by atoms with Crippen molar-refractivity contribution >= 4 is 34.9 Å². The van der Waals surface area contributed by atoms with Crippen LogP contribution in [0.15, 0.2) is 42.7 Å². The lowest BCUT2D eigenvalue weighted by Gasteiger charge is -2.36. The molecule has 1 saturated heterocycles. The number of nitrogens with one attached hydrogen (secondary N) is 1. The van der Waals surface area contributed by atoms with Gasteiger partial charge in [0.25, 0.3) is 0 Å². The molecule has 0 bridgehead atoms. The van der Waals surface area contributed by atoms with E-state index < -0.39 is 0 Å². The number of anilines is 1. The molecule has 2 heterocycles. The van der Waals surface area contributed by atoms with Crippen molar-refractivity contribution in [2.24, 2.45) is 0 Å². The molecule has 0 unspecified atom stereocenters. The van der Waals surface area contributed by atoms with Crippen LogP contribution >= 0.6 is 23.2 Å². The Balaban J connectivity index is 1.34. The molecule has 3 aromatic rings. The zero-order valence-corrected chi connectivity index (χ0v) is 19.4. The molecule has 2 aromatic carbocycles. The van der Waals surface area contributed by atoms with E-state index in [2.05, 4.69) is 20.3 Å². The maximum Gasteiger partial charge on any atom is 0.317 e. The van der Waals surface area contributed by atoms with Crippen LogP contribution in [0, 0.1) is 6.92 Å². The van der Waals surface area contributed by atoms with E-state index in [0.717, 1.165) is 30.0 Å². The van der Waals surface area contributed by atoms with Gasteiger partial charge in [-0.15, -0.1) is 0 Å². The second kappa shape index (κ2) is 9.67. The van der Waals surface area contributed by atoms with Crippen LogP contribution in [0.1, 0.15) is 11.4 Å². The smallest absolute Gasteiger partial charge is 0.317 e. The van der Waals surface area contributed by atoms with Gasteiger partial charge in [-0.1, -0.05) is 29.3 Å². The average Bonchev–Trinajstić information content (AvgIpc) is 3.25. The Hall–Kier alpha value is -2.97. The second-order valence-corrected chi connectivity index (χ2v) is 8.29. The quantitative estimate of drug-likeness (QED) is 0.606. The molecule has 8 nitrogen and oxygen atoms in total. The first-order valence-corrected chi connectivity index (χ1v) is 11.0. The van der Waals surface area contributed by atoms with Gasteiger partial charge in [0.1, 0.15) is 23.6 Å². The van der Waals surface area contributed by atoms with E-state index in [4.69, 9.17) is 27.9 Å². The highest BCUT2D eigenvalue weighted by molar-refractivity contribution is 6.42. The second-order valence-electron chi connectivity index (χ2n) is 7.47. The zero-order chi connectivity index (χ0) is 22.7. The molecule has 1 aromatic heterocycles. The molecule has 0 aliphatic carbocycles. The number of amides is 2. The number of ether oxygens (including phenoxy) is 1. The SMILES string of the molecule is COc1cc(N2CCN(C(=O)NCc3ccc(Cl)c(Cl)c3)CC2)ccc1-n1cnc(C)n1. The zero-order valence-electron chi connectivity index (χ0n) is 17.9. The molecular formula is C22H24Cl2N6O2. The van der Waals surface area contributed by atoms with Crippen LogP contribution in [0.25, 0.3) is 5.69 Å². The van der Waals surface area contributed by atoms with Crippen LogP contribution in [-0.2, 0) is 6.54 Å². The van der Waals surface area contributed by atoms with Gasteiger partial charge in [-0.25, -0.2) is 14.5 Å². The third-order valence-electron chi connectivity index (χ3n) is 5.38. The molecule has 0 atom stereocenters. The highest BCUT2D eigenvalue weighted by Gasteiger charge is 2.22. The summed E-state index contributed by atoms with van der Waals surface area (Å²) < 4.78 is 7.28. The Bertz CT molecular complexity index is 1110. The highest BCUT2D eigenvalue weighted by atomic mass is 35.5. The minimum absolute atomic E-state index is 0.0924. The van der Waals surface area contributed by atoms with Crippen molar-refractivity contribution in [2.75, 3.05) is 38.2 Å². The summed E-state index contributed by atoms with van der Waals surface area (Å²) in [5, 5.41) is 8.28. The number of halogens is 2. The average molecular weight is 475 g/mol. The van der Waals surface area contributed by atoms with Gasteiger partial charge in [-0.05, 0) is 36.8 Å². The summed E-state index contributed by atoms with van der Waals surface area (Å²) in [5.74, 6) is 1.42. The molecular weight excluding hydrogens is 451 g/mol. The van der Waals surface area contributed by atoms with E-state index in [9.17, 15) is 4.79 Å². The number of benzene rings is 2. The van der Waals surface area contributed by atoms with Crippen molar-refractivity contribution in [3.05, 3.63) is 64.2 Å². The standard InChI is InChI=1S/C22H24Cl2N6O2/c1-15-26-14-30(27-15)20-6-4-17(12-21(20)32-2)28-7-9-29(10-8-28)22(31)25-13-16-3-5-18(23)19(24)11-16/h3-6,11-12,14H,7-10,13H2,1-2H3,(H,25,31). The summed E-state index contributed by atoms with van der Waals surface area (Å²) in [7, 11) is 1.64. The van der Waals surface area contributed by atoms with Crippen molar-refractivity contribution in [1.29, 1.82) is 0 Å². The molecule has 168 valence electrons. The van der Waals surface area contributed by atoms with Crippen LogP contribution in [0.4, 0.5) is 10.5 Å². The van der Waals surface area contributed by atoms with Crippen LogP contribution < -0.4 is 15.0 Å². The number of urea groups is 1. The lowest BCUT2D eigenvalue weighted by Crippen LogP contribution is -2.51. The van der Waals surface area contributed by atoms with Gasteiger partial charge in [0.05, 0.1) is 17.2 Å². The summed E-state index contributed by atoms with van der Waals surface area (Å²) in [6.07, 6.45) is 1.67. The van der Waals surface area contributed by atoms with Crippen molar-refractivity contribution in [3.63, 3.8) is 0 Å². The molecule has 1 aliphatic heterocycles. The summed E-state index contributed by atoms with van der Waals surface area (Å²) in [6.45, 7) is 4.95. The summed E-state index contributed by atoms with van der Waals surface area (Å²) in [5.41, 5.74) is 2.77. The number of carbonyl (C=O) groups is 1. The number of hydrogen-bond acceptors (Lipinski definition) is 5. The third-order valence-corrected chi connectivity index (χ3v) is 6.12. The van der Waals surface area contributed by atoms with Crippen molar-refractivity contribution in [1.82, 2.24) is 25.0 Å². The predicted octanol–water partition coefficient (Wildman–Crippen LogP) is 3.92. The van der Waals surface area contributed by atoms with Gasteiger partial charge < -0.3 is 19.9 Å². The normalized spacial score (nSPS) is 13.9. The monoisotopic (exact) mass is 474 g/mol. The number of aryl methyl sites for hydroxylation is 1. The molecule has 1 fully saturated rings. The molecule has 4 rings (SSSR count). The van der Waals surface area contributed by atoms with Gasteiger partial charge in [-0.3, -0.25) is 0 Å². The van der Waals surface area contributed by atoms with Gasteiger partial charge in [0.2, 0.25) is 0 Å². The number of piperazine rings is 1. The molecule has 2 amide bonds. The van der Waals surface area contributed by atoms with E-state index in [1.807, 2.05) is 36.1 Å². The lowest BCUT2D eigenvalue weighted by molar-refractivity contribution is 0.194. The lowest BCUT2D eigenvalue weighted by atomic mass is 10.2. The molecule has 1 N–H and O–H groups in total. The van der Waals surface area contributed by atoms with Crippen molar-refractivity contribution in [3.8, 4) is 11.4 Å². The Morgan fingerprint density at radius 2 is 1.88 bits per heavy atom. The number of rotatable bonds is 5. The van der Waals surface area contributed by atoms with Gasteiger partial charge in [0, 0.05) is 44.5 Å². The van der Waals surface area contributed by atoms with Gasteiger partial charge in [0.15, 0.2) is 0 Å². The Labute approximate surface area is 196 Å². The van der Waals surface area contributed by atoms with Crippen molar-refractivity contribution < 1.29 is 9.53 Å². The Kier molecular flexibility index (Phi) is 6.72. The third kappa shape index (κ3) is 4.92. The van der Waals surface area contributed by atoms with Crippen molar-refractivity contribution in [2.45, 2.75) is 13.5 Å². The molecule has 32 heavy (non-hydrogen) atoms. The topological polar surface area (TPSA) is 75.5 Å². The maximum atomic E-state index is 12.6. The molecule has 0 radical (unpaired) electrons. The molecule has 0 saturated carbocycles. The van der Waals surface area contributed by atoms with E-state index in [0.29, 0.717) is 41.3 Å². The van der Waals surface area contributed by atoms with E-state index in [1.165, 1.54) is 0 Å². The first-order chi connectivity index (χ1) is 15.4. The number of nitrogens with zero attached hydrogens (tertiary/aromatic N) is 5. The first-order valence-electron chi connectivity index (χ1n) is 10.2. The van der Waals surface area contributed by atoms with Crippen LogP contribution in [0.5, 0.6) is 5.75 Å². The summed E-state index contributed by atoms with van der Waals surface area (Å²) in [4.78, 5) is 20.8. The number of hydrogen-bond donors (Lipinski definition) is 1. The largest absolute Gasteiger partial charge is 0.494 e. The number of methoxy groups -OCH3 is 1. The summed E-state index contributed by atoms with van der Waals surface area (Å²) >= 11 is 12.0. The van der Waals surface area contributed by atoms with E-state index >= 15 is 0 Å². The number of carbonyl (C=O) groups excluding carboxylic acids is 1. The fourth-order valence-electron chi connectivity index (χ4n) is 3.62. The summed E-state index contributed by atoms with van der Waals surface area (Å²) in [6, 6.07) is 11.3. The van der Waals surface area contributed by atoms with Crippen LogP contribution in [-0.4, -0.2) is 59.0 Å². The number of aromatic nitrogens is 3. The fraction of sp³-hybridized carbons (Fsp3) is 0.318. The first kappa shape index (κ1) is 22.2. The predicted molar refractivity (Wildman–Crippen MR) is 125 cm³/mol. The van der Waals surface area contributed by atoms with Gasteiger partial charge >= 0.3 is 6.03 Å². The van der Waals surface area contributed by atoms with E-state index in [1.54, 1.807) is 30.3 Å². The van der Waals surface area contributed by atoms with Crippen LogP contribution in [0.3, 0.4) is 0 Å². The maximum absolute atomic E-state index is 12.6. The van der Waals surface area contributed by atoms with E-state index in [-0.39, 0.29) is 6.03 Å². The Morgan fingerprint density at radius 3 is 2.53 bits per heavy atom. The highest BCUT2D eigenvalue weighted by Crippen LogP contribution is 2.29. The molecule has 10 heteroatoms. The van der Waals surface area contributed by atoms with Gasteiger partial charge in [-0.2, -0.15) is 5.10 Å².